The molecule has 1 N–H and O–H groups in total. The van der Waals surface area contributed by atoms with Crippen molar-refractivity contribution in [3.05, 3.63) is 41.0 Å². The highest BCUT2D eigenvalue weighted by Gasteiger charge is 2.13. The van der Waals surface area contributed by atoms with Crippen LogP contribution in [0, 0.1) is 5.92 Å². The fraction of sp³-hybridized carbons (Fsp3) is 0.357. The van der Waals surface area contributed by atoms with Gasteiger partial charge in [-0.2, -0.15) is 0 Å². The summed E-state index contributed by atoms with van der Waals surface area (Å²) in [6.45, 7) is 6.13. The molecule has 0 amide bonds. The van der Waals surface area contributed by atoms with Gasteiger partial charge in [0.15, 0.2) is 0 Å². The van der Waals surface area contributed by atoms with Crippen LogP contribution in [0.5, 0.6) is 0 Å². The van der Waals surface area contributed by atoms with Crippen LogP contribution in [-0.2, 0) is 6.42 Å². The lowest BCUT2D eigenvalue weighted by atomic mass is 9.93. The Bertz CT molecular complexity index is 403. The number of carboxylic acid groups (broad SMARTS) is 1. The van der Waals surface area contributed by atoms with Gasteiger partial charge in [0.25, 0.3) is 0 Å². The van der Waals surface area contributed by atoms with Crippen LogP contribution in [0.25, 0.3) is 6.08 Å². The Kier molecular flexibility index (Phi) is 4.29. The van der Waals surface area contributed by atoms with Crippen molar-refractivity contribution >= 4 is 12.0 Å². The van der Waals surface area contributed by atoms with Gasteiger partial charge in [-0.25, -0.2) is 4.79 Å². The summed E-state index contributed by atoms with van der Waals surface area (Å²) in [6.07, 6.45) is 4.69. The molecule has 0 aliphatic rings. The van der Waals surface area contributed by atoms with Crippen LogP contribution in [0.1, 0.15) is 42.3 Å². The monoisotopic (exact) mass is 218 g/mol. The Balaban J connectivity index is 3.28. The molecule has 0 saturated heterocycles. The lowest BCUT2D eigenvalue weighted by Crippen LogP contribution is -2.07. The normalized spacial score (nSPS) is 11.2. The average Bonchev–Trinajstić information content (AvgIpc) is 2.19. The fourth-order valence-electron chi connectivity index (χ4n) is 1.78. The maximum absolute atomic E-state index is 11.1. The summed E-state index contributed by atoms with van der Waals surface area (Å²) in [5.41, 5.74) is 2.36. The minimum absolute atomic E-state index is 0.421. The molecule has 86 valence electrons. The highest BCUT2D eigenvalue weighted by molar-refractivity contribution is 5.90. The second kappa shape index (κ2) is 5.50. The minimum atomic E-state index is -0.845. The molecule has 0 unspecified atom stereocenters. The Labute approximate surface area is 96.6 Å². The van der Waals surface area contributed by atoms with E-state index in [1.54, 1.807) is 12.1 Å². The summed E-state index contributed by atoms with van der Waals surface area (Å²) in [5.74, 6) is -0.397. The predicted molar refractivity (Wildman–Crippen MR) is 66.7 cm³/mol. The largest absolute Gasteiger partial charge is 0.478 e. The van der Waals surface area contributed by atoms with Crippen molar-refractivity contribution in [2.24, 2.45) is 5.92 Å². The van der Waals surface area contributed by atoms with E-state index >= 15 is 0 Å². The lowest BCUT2D eigenvalue weighted by molar-refractivity contribution is 0.0695. The number of allylic oxidation sites excluding steroid dienone is 1. The zero-order valence-corrected chi connectivity index (χ0v) is 10.0. The zero-order chi connectivity index (χ0) is 12.1. The van der Waals surface area contributed by atoms with Gasteiger partial charge in [0.1, 0.15) is 0 Å². The summed E-state index contributed by atoms with van der Waals surface area (Å²) in [7, 11) is 0. The predicted octanol–water partition coefficient (Wildman–Crippen LogP) is 3.62. The van der Waals surface area contributed by atoms with Crippen LogP contribution >= 0.6 is 0 Å². The number of hydrogen-bond acceptors (Lipinski definition) is 1. The second-order valence-corrected chi connectivity index (χ2v) is 4.28. The molecule has 1 aromatic carbocycles. The van der Waals surface area contributed by atoms with Crippen LogP contribution < -0.4 is 0 Å². The minimum Gasteiger partial charge on any atom is -0.478 e. The van der Waals surface area contributed by atoms with Gasteiger partial charge >= 0.3 is 5.97 Å². The molecule has 0 radical (unpaired) electrons. The summed E-state index contributed by atoms with van der Waals surface area (Å²) < 4.78 is 0. The van der Waals surface area contributed by atoms with Gasteiger partial charge in [-0.05, 0) is 36.5 Å². The third kappa shape index (κ3) is 2.96. The Hall–Kier alpha value is -1.57. The van der Waals surface area contributed by atoms with Crippen molar-refractivity contribution in [2.75, 3.05) is 0 Å². The SMILES string of the molecule is C/C=C/c1cccc(C(=O)O)c1CC(C)C. The highest BCUT2D eigenvalue weighted by atomic mass is 16.4. The number of rotatable bonds is 4. The van der Waals surface area contributed by atoms with Crippen molar-refractivity contribution in [3.8, 4) is 0 Å². The van der Waals surface area contributed by atoms with E-state index in [0.29, 0.717) is 11.5 Å². The summed E-state index contributed by atoms with van der Waals surface area (Å²) in [4.78, 5) is 11.1. The van der Waals surface area contributed by atoms with Crippen LogP contribution in [-0.4, -0.2) is 11.1 Å². The van der Waals surface area contributed by atoms with Gasteiger partial charge in [0, 0.05) is 0 Å². The summed E-state index contributed by atoms with van der Waals surface area (Å²) >= 11 is 0. The van der Waals surface area contributed by atoms with Crippen molar-refractivity contribution in [2.45, 2.75) is 27.2 Å². The van der Waals surface area contributed by atoms with Gasteiger partial charge in [-0.15, -0.1) is 0 Å². The molecule has 0 aliphatic carbocycles. The first kappa shape index (κ1) is 12.5. The van der Waals surface area contributed by atoms with E-state index in [1.807, 2.05) is 25.1 Å². The number of carboxylic acids is 1. The lowest BCUT2D eigenvalue weighted by Gasteiger charge is -2.12. The second-order valence-electron chi connectivity index (χ2n) is 4.28. The zero-order valence-electron chi connectivity index (χ0n) is 10.0. The molecule has 0 aromatic heterocycles. The summed E-state index contributed by atoms with van der Waals surface area (Å²) in [5, 5.41) is 9.15. The molecule has 16 heavy (non-hydrogen) atoms. The van der Waals surface area contributed by atoms with E-state index in [-0.39, 0.29) is 0 Å². The molecule has 0 bridgehead atoms. The first-order chi connectivity index (χ1) is 7.56. The van der Waals surface area contributed by atoms with Crippen molar-refractivity contribution in [1.29, 1.82) is 0 Å². The van der Waals surface area contributed by atoms with E-state index < -0.39 is 5.97 Å². The van der Waals surface area contributed by atoms with E-state index in [1.165, 1.54) is 0 Å². The molecule has 2 heteroatoms. The highest BCUT2D eigenvalue weighted by Crippen LogP contribution is 2.20. The Morgan fingerprint density at radius 2 is 2.12 bits per heavy atom. The van der Waals surface area contributed by atoms with Gasteiger partial charge < -0.3 is 5.11 Å². The standard InChI is InChI=1S/C14H18O2/c1-4-6-11-7-5-8-12(14(15)16)13(11)9-10(2)3/h4-8,10H,9H2,1-3H3,(H,15,16)/b6-4+. The maximum Gasteiger partial charge on any atom is 0.335 e. The third-order valence-corrected chi connectivity index (χ3v) is 2.40. The van der Waals surface area contributed by atoms with E-state index in [4.69, 9.17) is 5.11 Å². The van der Waals surface area contributed by atoms with E-state index in [0.717, 1.165) is 17.5 Å². The van der Waals surface area contributed by atoms with Crippen LogP contribution in [0.2, 0.25) is 0 Å². The van der Waals surface area contributed by atoms with Crippen molar-refractivity contribution in [1.82, 2.24) is 0 Å². The van der Waals surface area contributed by atoms with E-state index in [2.05, 4.69) is 13.8 Å². The number of hydrogen-bond donors (Lipinski definition) is 1. The van der Waals surface area contributed by atoms with Gasteiger partial charge in [-0.3, -0.25) is 0 Å². The van der Waals surface area contributed by atoms with Crippen molar-refractivity contribution < 1.29 is 9.90 Å². The van der Waals surface area contributed by atoms with E-state index in [9.17, 15) is 4.79 Å². The number of carbonyl (C=O) groups is 1. The van der Waals surface area contributed by atoms with Gasteiger partial charge in [0.05, 0.1) is 5.56 Å². The molecule has 2 nitrogen and oxygen atoms in total. The van der Waals surface area contributed by atoms with Gasteiger partial charge in [-0.1, -0.05) is 38.1 Å². The average molecular weight is 218 g/mol. The molecular formula is C14H18O2. The van der Waals surface area contributed by atoms with Crippen LogP contribution in [0.4, 0.5) is 0 Å². The molecule has 0 fully saturated rings. The van der Waals surface area contributed by atoms with Crippen molar-refractivity contribution in [3.63, 3.8) is 0 Å². The molecular weight excluding hydrogens is 200 g/mol. The number of aromatic carboxylic acids is 1. The Morgan fingerprint density at radius 1 is 1.44 bits per heavy atom. The molecule has 0 spiro atoms. The smallest absolute Gasteiger partial charge is 0.335 e. The molecule has 0 aliphatic heterocycles. The topological polar surface area (TPSA) is 37.3 Å². The third-order valence-electron chi connectivity index (χ3n) is 2.40. The van der Waals surface area contributed by atoms with Gasteiger partial charge in [0.2, 0.25) is 0 Å². The molecule has 0 saturated carbocycles. The molecule has 1 aromatic rings. The number of benzene rings is 1. The fourth-order valence-corrected chi connectivity index (χ4v) is 1.78. The maximum atomic E-state index is 11.1. The Morgan fingerprint density at radius 3 is 2.62 bits per heavy atom. The first-order valence-electron chi connectivity index (χ1n) is 5.54. The molecule has 0 heterocycles. The summed E-state index contributed by atoms with van der Waals surface area (Å²) in [6, 6.07) is 5.43. The van der Waals surface area contributed by atoms with Crippen LogP contribution in [0.3, 0.4) is 0 Å². The molecule has 0 atom stereocenters. The molecule has 1 rings (SSSR count). The first-order valence-corrected chi connectivity index (χ1v) is 5.54. The quantitative estimate of drug-likeness (QED) is 0.838. The van der Waals surface area contributed by atoms with Crippen LogP contribution in [0.15, 0.2) is 24.3 Å².